The van der Waals surface area contributed by atoms with E-state index in [0.29, 0.717) is 13.1 Å². The Balaban J connectivity index is 1.78. The normalized spacial score (nSPS) is 15.9. The number of benzene rings is 1. The molecule has 2 amide bonds. The number of urea groups is 1. The second-order valence-electron chi connectivity index (χ2n) is 5.28. The third-order valence-electron chi connectivity index (χ3n) is 3.90. The van der Waals surface area contributed by atoms with Crippen LogP contribution >= 0.6 is 11.8 Å². The van der Waals surface area contributed by atoms with Gasteiger partial charge < -0.3 is 15.7 Å². The molecule has 6 heteroatoms. The second-order valence-corrected chi connectivity index (χ2v) is 6.56. The second kappa shape index (κ2) is 6.85. The van der Waals surface area contributed by atoms with Crippen molar-refractivity contribution in [2.75, 3.05) is 12.8 Å². The third-order valence-corrected chi connectivity index (χ3v) is 5.31. The van der Waals surface area contributed by atoms with Crippen LogP contribution in [0, 0.1) is 0 Å². The summed E-state index contributed by atoms with van der Waals surface area (Å²) in [7, 11) is 0. The Morgan fingerprint density at radius 1 is 1.33 bits per heavy atom. The van der Waals surface area contributed by atoms with E-state index in [4.69, 9.17) is 5.11 Å². The molecule has 0 heterocycles. The van der Waals surface area contributed by atoms with Gasteiger partial charge >= 0.3 is 12.0 Å². The zero-order valence-electron chi connectivity index (χ0n) is 12.0. The first-order valence-corrected chi connectivity index (χ1v) is 8.16. The molecular weight excluding hydrogens is 288 g/mol. The van der Waals surface area contributed by atoms with Crippen LogP contribution in [-0.2, 0) is 6.54 Å². The van der Waals surface area contributed by atoms with Gasteiger partial charge in [-0.25, -0.2) is 9.59 Å². The number of carbonyl (C=O) groups excluding carboxylic acids is 1. The van der Waals surface area contributed by atoms with E-state index in [2.05, 4.69) is 16.9 Å². The average Bonchev–Trinajstić information content (AvgIpc) is 2.44. The third kappa shape index (κ3) is 4.14. The summed E-state index contributed by atoms with van der Waals surface area (Å²) in [5.74, 6) is -0.965. The lowest BCUT2D eigenvalue weighted by molar-refractivity contribution is 0.0696. The minimum absolute atomic E-state index is 0.209. The molecule has 21 heavy (non-hydrogen) atoms. The summed E-state index contributed by atoms with van der Waals surface area (Å²) in [5.41, 5.74) is 0.999. The largest absolute Gasteiger partial charge is 0.478 e. The van der Waals surface area contributed by atoms with Gasteiger partial charge in [-0.3, -0.25) is 0 Å². The fraction of sp³-hybridized carbons (Fsp3) is 0.467. The highest BCUT2D eigenvalue weighted by atomic mass is 32.2. The van der Waals surface area contributed by atoms with Crippen molar-refractivity contribution >= 4 is 23.8 Å². The molecule has 1 fully saturated rings. The zero-order valence-corrected chi connectivity index (χ0v) is 12.8. The quantitative estimate of drug-likeness (QED) is 0.754. The summed E-state index contributed by atoms with van der Waals surface area (Å²) in [5, 5.41) is 14.6. The maximum Gasteiger partial charge on any atom is 0.335 e. The van der Waals surface area contributed by atoms with Crippen LogP contribution < -0.4 is 10.6 Å². The van der Waals surface area contributed by atoms with E-state index in [9.17, 15) is 9.59 Å². The van der Waals surface area contributed by atoms with Gasteiger partial charge in [-0.2, -0.15) is 11.8 Å². The van der Waals surface area contributed by atoms with Crippen LogP contribution in [0.4, 0.5) is 4.79 Å². The van der Waals surface area contributed by atoms with Crippen LogP contribution in [0.1, 0.15) is 35.2 Å². The van der Waals surface area contributed by atoms with Gasteiger partial charge in [-0.15, -0.1) is 0 Å². The van der Waals surface area contributed by atoms with Gasteiger partial charge in [0.1, 0.15) is 0 Å². The van der Waals surface area contributed by atoms with Crippen LogP contribution in [-0.4, -0.2) is 34.7 Å². The predicted molar refractivity (Wildman–Crippen MR) is 83.7 cm³/mol. The van der Waals surface area contributed by atoms with Crippen LogP contribution in [0.15, 0.2) is 24.3 Å². The number of amides is 2. The van der Waals surface area contributed by atoms with Crippen molar-refractivity contribution in [2.45, 2.75) is 30.6 Å². The minimum Gasteiger partial charge on any atom is -0.478 e. The summed E-state index contributed by atoms with van der Waals surface area (Å²) >= 11 is 1.81. The lowest BCUT2D eigenvalue weighted by Gasteiger charge is -2.40. The van der Waals surface area contributed by atoms with Gasteiger partial charge in [0.15, 0.2) is 0 Å². The molecule has 114 valence electrons. The average molecular weight is 308 g/mol. The van der Waals surface area contributed by atoms with Gasteiger partial charge in [0.25, 0.3) is 0 Å². The van der Waals surface area contributed by atoms with Crippen molar-refractivity contribution in [3.05, 3.63) is 35.4 Å². The van der Waals surface area contributed by atoms with Crippen LogP contribution in [0.2, 0.25) is 0 Å². The summed E-state index contributed by atoms with van der Waals surface area (Å²) in [6.45, 7) is 0.994. The lowest BCUT2D eigenvalue weighted by Crippen LogP contribution is -2.47. The first kappa shape index (κ1) is 15.7. The van der Waals surface area contributed by atoms with Gasteiger partial charge in [-0.1, -0.05) is 18.6 Å². The number of carboxylic acids is 1. The van der Waals surface area contributed by atoms with Crippen molar-refractivity contribution in [3.8, 4) is 0 Å². The molecule has 5 nitrogen and oxygen atoms in total. The molecular formula is C15H20N2O3S. The summed E-state index contributed by atoms with van der Waals surface area (Å²) in [6.07, 6.45) is 5.60. The van der Waals surface area contributed by atoms with Gasteiger partial charge in [-0.05, 0) is 36.8 Å². The molecule has 0 unspecified atom stereocenters. The SMILES string of the molecule is CSC1(CNC(=O)NCc2cccc(C(=O)O)c2)CCC1. The molecule has 3 N–H and O–H groups in total. The highest BCUT2D eigenvalue weighted by Gasteiger charge is 2.36. The molecule has 1 saturated carbocycles. The highest BCUT2D eigenvalue weighted by Crippen LogP contribution is 2.42. The summed E-state index contributed by atoms with van der Waals surface area (Å²) in [4.78, 5) is 22.7. The molecule has 0 spiro atoms. The smallest absolute Gasteiger partial charge is 0.335 e. The van der Waals surface area contributed by atoms with Crippen molar-refractivity contribution in [1.82, 2.24) is 10.6 Å². The van der Waals surface area contributed by atoms with Crippen molar-refractivity contribution in [1.29, 1.82) is 0 Å². The number of nitrogens with one attached hydrogen (secondary N) is 2. The minimum atomic E-state index is -0.965. The topological polar surface area (TPSA) is 78.4 Å². The van der Waals surface area contributed by atoms with Crippen LogP contribution in [0.5, 0.6) is 0 Å². The number of rotatable bonds is 6. The standard InChI is InChI=1S/C15H20N2O3S/c1-21-15(6-3-7-15)10-17-14(20)16-9-11-4-2-5-12(8-11)13(18)19/h2,4-5,8H,3,6-7,9-10H2,1H3,(H,18,19)(H2,16,17,20). The van der Waals surface area contributed by atoms with Gasteiger partial charge in [0.2, 0.25) is 0 Å². The molecule has 2 rings (SSSR count). The molecule has 1 aliphatic carbocycles. The van der Waals surface area contributed by atoms with E-state index in [1.165, 1.54) is 12.5 Å². The predicted octanol–water partition coefficient (Wildman–Crippen LogP) is 2.47. The van der Waals surface area contributed by atoms with E-state index >= 15 is 0 Å². The number of carbonyl (C=O) groups is 2. The van der Waals surface area contributed by atoms with Crippen molar-refractivity contribution < 1.29 is 14.7 Å². The Morgan fingerprint density at radius 3 is 2.67 bits per heavy atom. The fourth-order valence-corrected chi connectivity index (χ4v) is 3.24. The van der Waals surface area contributed by atoms with E-state index in [1.807, 2.05) is 11.8 Å². The lowest BCUT2D eigenvalue weighted by atomic mass is 9.84. The van der Waals surface area contributed by atoms with E-state index in [0.717, 1.165) is 18.4 Å². The zero-order chi connectivity index (χ0) is 15.3. The molecule has 1 aromatic carbocycles. The van der Waals surface area contributed by atoms with Crippen LogP contribution in [0.3, 0.4) is 0 Å². The number of carboxylic acid groups (broad SMARTS) is 1. The summed E-state index contributed by atoms with van der Waals surface area (Å²) in [6, 6.07) is 6.36. The van der Waals surface area contributed by atoms with E-state index in [-0.39, 0.29) is 16.3 Å². The number of hydrogen-bond donors (Lipinski definition) is 3. The molecule has 1 aromatic rings. The first-order chi connectivity index (χ1) is 10.0. The molecule has 0 saturated heterocycles. The Hall–Kier alpha value is -1.69. The Morgan fingerprint density at radius 2 is 2.10 bits per heavy atom. The Kier molecular flexibility index (Phi) is 5.12. The monoisotopic (exact) mass is 308 g/mol. The molecule has 0 aliphatic heterocycles. The fourth-order valence-electron chi connectivity index (χ4n) is 2.32. The first-order valence-electron chi connectivity index (χ1n) is 6.94. The van der Waals surface area contributed by atoms with Crippen molar-refractivity contribution in [2.24, 2.45) is 0 Å². The maximum atomic E-state index is 11.8. The van der Waals surface area contributed by atoms with Crippen LogP contribution in [0.25, 0.3) is 0 Å². The number of aromatic carboxylic acids is 1. The maximum absolute atomic E-state index is 11.8. The molecule has 0 bridgehead atoms. The van der Waals surface area contributed by atoms with E-state index < -0.39 is 5.97 Å². The Bertz CT molecular complexity index is 524. The summed E-state index contributed by atoms with van der Waals surface area (Å²) < 4.78 is 0.209. The van der Waals surface area contributed by atoms with Gasteiger partial charge in [0.05, 0.1) is 5.56 Å². The Labute approximate surface area is 128 Å². The molecule has 1 aliphatic rings. The molecule has 0 aromatic heterocycles. The van der Waals surface area contributed by atoms with Crippen molar-refractivity contribution in [3.63, 3.8) is 0 Å². The van der Waals surface area contributed by atoms with Gasteiger partial charge in [0, 0.05) is 17.8 Å². The highest BCUT2D eigenvalue weighted by molar-refractivity contribution is 8.00. The van der Waals surface area contributed by atoms with E-state index in [1.54, 1.807) is 18.2 Å². The molecule has 0 radical (unpaired) electrons. The number of hydrogen-bond acceptors (Lipinski definition) is 3. The molecule has 0 atom stereocenters. The number of thioether (sulfide) groups is 1.